The molecule has 0 saturated carbocycles. The van der Waals surface area contributed by atoms with Gasteiger partial charge in [-0.25, -0.2) is 0 Å². The van der Waals surface area contributed by atoms with E-state index >= 15 is 0 Å². The Hall–Kier alpha value is -1.59. The van der Waals surface area contributed by atoms with Crippen molar-refractivity contribution in [1.29, 1.82) is 0 Å². The first-order valence-corrected chi connectivity index (χ1v) is 7.44. The van der Waals surface area contributed by atoms with E-state index in [0.717, 1.165) is 24.3 Å². The van der Waals surface area contributed by atoms with Gasteiger partial charge >= 0.3 is 0 Å². The number of nitrogens with two attached hydrogens (primary N) is 1. The second-order valence-corrected chi connectivity index (χ2v) is 5.30. The van der Waals surface area contributed by atoms with Crippen molar-refractivity contribution in [1.82, 2.24) is 0 Å². The van der Waals surface area contributed by atoms with E-state index in [1.807, 2.05) is 36.1 Å². The van der Waals surface area contributed by atoms with Crippen molar-refractivity contribution in [3.63, 3.8) is 0 Å². The maximum absolute atomic E-state index is 12.8. The zero-order valence-electron chi connectivity index (χ0n) is 12.7. The SMILES string of the molecule is COc1cccc(N(CCCN)C(=O)C2CCOC2C)c1. The molecule has 2 unspecified atom stereocenters. The second-order valence-electron chi connectivity index (χ2n) is 5.30. The first-order valence-electron chi connectivity index (χ1n) is 7.44. The molecule has 0 spiro atoms. The predicted octanol–water partition coefficient (Wildman–Crippen LogP) is 1.80. The highest BCUT2D eigenvalue weighted by Crippen LogP contribution is 2.27. The van der Waals surface area contributed by atoms with Crippen molar-refractivity contribution in [2.24, 2.45) is 11.7 Å². The highest BCUT2D eigenvalue weighted by Gasteiger charge is 2.34. The average Bonchev–Trinajstić information content (AvgIpc) is 2.94. The predicted molar refractivity (Wildman–Crippen MR) is 82.5 cm³/mol. The monoisotopic (exact) mass is 292 g/mol. The molecule has 1 aliphatic heterocycles. The van der Waals surface area contributed by atoms with Crippen LogP contribution in [0, 0.1) is 5.92 Å². The lowest BCUT2D eigenvalue weighted by molar-refractivity contribution is -0.123. The maximum Gasteiger partial charge on any atom is 0.232 e. The number of rotatable bonds is 6. The van der Waals surface area contributed by atoms with Gasteiger partial charge in [0.1, 0.15) is 5.75 Å². The zero-order valence-corrected chi connectivity index (χ0v) is 12.7. The largest absolute Gasteiger partial charge is 0.497 e. The lowest BCUT2D eigenvalue weighted by atomic mass is 10.0. The molecule has 1 saturated heterocycles. The van der Waals surface area contributed by atoms with Gasteiger partial charge in [0.25, 0.3) is 0 Å². The number of anilines is 1. The molecule has 5 heteroatoms. The van der Waals surface area contributed by atoms with Gasteiger partial charge in [0.05, 0.1) is 19.1 Å². The molecule has 0 aromatic heterocycles. The van der Waals surface area contributed by atoms with E-state index in [0.29, 0.717) is 19.7 Å². The van der Waals surface area contributed by atoms with Crippen LogP contribution in [0.4, 0.5) is 5.69 Å². The number of amides is 1. The summed E-state index contributed by atoms with van der Waals surface area (Å²) in [5.74, 6) is 0.782. The van der Waals surface area contributed by atoms with Crippen LogP contribution in [-0.2, 0) is 9.53 Å². The van der Waals surface area contributed by atoms with Gasteiger partial charge in [0, 0.05) is 24.9 Å². The number of benzene rings is 1. The second kappa shape index (κ2) is 7.43. The summed E-state index contributed by atoms with van der Waals surface area (Å²) in [5, 5.41) is 0. The quantitative estimate of drug-likeness (QED) is 0.868. The Kier molecular flexibility index (Phi) is 5.59. The lowest BCUT2D eigenvalue weighted by Gasteiger charge is -2.27. The van der Waals surface area contributed by atoms with Crippen molar-refractivity contribution in [3.05, 3.63) is 24.3 Å². The third-order valence-electron chi connectivity index (χ3n) is 3.91. The van der Waals surface area contributed by atoms with E-state index in [4.69, 9.17) is 15.2 Å². The number of carbonyl (C=O) groups is 1. The molecule has 21 heavy (non-hydrogen) atoms. The molecule has 2 N–H and O–H groups in total. The van der Waals surface area contributed by atoms with Crippen LogP contribution in [0.3, 0.4) is 0 Å². The van der Waals surface area contributed by atoms with Gasteiger partial charge in [-0.2, -0.15) is 0 Å². The molecule has 2 rings (SSSR count). The first kappa shape index (κ1) is 15.8. The summed E-state index contributed by atoms with van der Waals surface area (Å²) in [7, 11) is 1.62. The lowest BCUT2D eigenvalue weighted by Crippen LogP contribution is -2.40. The summed E-state index contributed by atoms with van der Waals surface area (Å²) in [5.41, 5.74) is 6.46. The summed E-state index contributed by atoms with van der Waals surface area (Å²) in [6, 6.07) is 7.58. The Morgan fingerprint density at radius 1 is 1.52 bits per heavy atom. The Balaban J connectivity index is 2.22. The van der Waals surface area contributed by atoms with Crippen LogP contribution >= 0.6 is 0 Å². The third-order valence-corrected chi connectivity index (χ3v) is 3.91. The summed E-state index contributed by atoms with van der Waals surface area (Å²) < 4.78 is 10.8. The number of methoxy groups -OCH3 is 1. The van der Waals surface area contributed by atoms with Crippen LogP contribution in [0.25, 0.3) is 0 Å². The van der Waals surface area contributed by atoms with Gasteiger partial charge in [-0.1, -0.05) is 6.07 Å². The fourth-order valence-corrected chi connectivity index (χ4v) is 2.65. The molecule has 2 atom stereocenters. The highest BCUT2D eigenvalue weighted by molar-refractivity contribution is 5.95. The smallest absolute Gasteiger partial charge is 0.232 e. The molecule has 0 bridgehead atoms. The van der Waals surface area contributed by atoms with Gasteiger partial charge in [-0.15, -0.1) is 0 Å². The molecule has 1 aromatic rings. The molecule has 1 amide bonds. The summed E-state index contributed by atoms with van der Waals surface area (Å²) in [6.45, 7) is 3.79. The Morgan fingerprint density at radius 3 is 2.95 bits per heavy atom. The van der Waals surface area contributed by atoms with Crippen molar-refractivity contribution < 1.29 is 14.3 Å². The fourth-order valence-electron chi connectivity index (χ4n) is 2.65. The summed E-state index contributed by atoms with van der Waals surface area (Å²) in [4.78, 5) is 14.6. The van der Waals surface area contributed by atoms with Gasteiger partial charge in [0.2, 0.25) is 5.91 Å². The Labute approximate surface area is 126 Å². The minimum atomic E-state index is -0.0750. The Morgan fingerprint density at radius 2 is 2.33 bits per heavy atom. The zero-order chi connectivity index (χ0) is 15.2. The topological polar surface area (TPSA) is 64.8 Å². The average molecular weight is 292 g/mol. The van der Waals surface area contributed by atoms with Crippen molar-refractivity contribution in [3.8, 4) is 5.75 Å². The van der Waals surface area contributed by atoms with E-state index in [2.05, 4.69) is 0 Å². The molecular weight excluding hydrogens is 268 g/mol. The molecule has 0 radical (unpaired) electrons. The Bertz CT molecular complexity index is 478. The fraction of sp³-hybridized carbons (Fsp3) is 0.562. The van der Waals surface area contributed by atoms with Crippen LogP contribution in [0.1, 0.15) is 19.8 Å². The number of ether oxygens (including phenoxy) is 2. The normalized spacial score (nSPS) is 21.3. The number of nitrogens with zero attached hydrogens (tertiary/aromatic N) is 1. The standard InChI is InChI=1S/C16H24N2O3/c1-12-15(7-10-21-12)16(19)18(9-4-8-17)13-5-3-6-14(11-13)20-2/h3,5-6,11-12,15H,4,7-10,17H2,1-2H3. The van der Waals surface area contributed by atoms with E-state index in [1.165, 1.54) is 0 Å². The third kappa shape index (κ3) is 3.74. The van der Waals surface area contributed by atoms with Crippen molar-refractivity contribution in [2.75, 3.05) is 31.7 Å². The molecule has 1 aliphatic rings. The first-order chi connectivity index (χ1) is 10.2. The van der Waals surface area contributed by atoms with Crippen LogP contribution < -0.4 is 15.4 Å². The van der Waals surface area contributed by atoms with Crippen LogP contribution in [-0.4, -0.2) is 38.8 Å². The molecule has 5 nitrogen and oxygen atoms in total. The molecular formula is C16H24N2O3. The van der Waals surface area contributed by atoms with Gasteiger partial charge < -0.3 is 20.1 Å². The van der Waals surface area contributed by atoms with Crippen LogP contribution in [0.2, 0.25) is 0 Å². The summed E-state index contributed by atoms with van der Waals surface area (Å²) >= 11 is 0. The van der Waals surface area contributed by atoms with E-state index < -0.39 is 0 Å². The minimum Gasteiger partial charge on any atom is -0.497 e. The van der Waals surface area contributed by atoms with Crippen LogP contribution in [0.15, 0.2) is 24.3 Å². The molecule has 0 aliphatic carbocycles. The maximum atomic E-state index is 12.8. The van der Waals surface area contributed by atoms with Crippen LogP contribution in [0.5, 0.6) is 5.75 Å². The van der Waals surface area contributed by atoms with Gasteiger partial charge in [-0.3, -0.25) is 4.79 Å². The van der Waals surface area contributed by atoms with Gasteiger partial charge in [-0.05, 0) is 38.4 Å². The molecule has 116 valence electrons. The van der Waals surface area contributed by atoms with Gasteiger partial charge in [0.15, 0.2) is 0 Å². The molecule has 1 aromatic carbocycles. The van der Waals surface area contributed by atoms with E-state index in [-0.39, 0.29) is 17.9 Å². The number of hydrogen-bond acceptors (Lipinski definition) is 4. The van der Waals surface area contributed by atoms with Crippen molar-refractivity contribution >= 4 is 11.6 Å². The highest BCUT2D eigenvalue weighted by atomic mass is 16.5. The van der Waals surface area contributed by atoms with E-state index in [1.54, 1.807) is 7.11 Å². The number of hydrogen-bond donors (Lipinski definition) is 1. The molecule has 1 heterocycles. The van der Waals surface area contributed by atoms with Crippen molar-refractivity contribution in [2.45, 2.75) is 25.9 Å². The minimum absolute atomic E-state index is 0.0246. The summed E-state index contributed by atoms with van der Waals surface area (Å²) in [6.07, 6.45) is 1.53. The number of carbonyl (C=O) groups excluding carboxylic acids is 1. The van der Waals surface area contributed by atoms with E-state index in [9.17, 15) is 4.79 Å². The molecule has 1 fully saturated rings.